The smallest absolute Gasteiger partial charge is 0.123 e. The molecule has 0 amide bonds. The third-order valence-corrected chi connectivity index (χ3v) is 4.63. The predicted octanol–water partition coefficient (Wildman–Crippen LogP) is 2.50. The molecule has 2 rings (SSSR count). The number of nitrogens with one attached hydrogen (secondary N) is 1. The highest BCUT2D eigenvalue weighted by molar-refractivity contribution is 5.45. The molecule has 0 bridgehead atoms. The Morgan fingerprint density at radius 2 is 2.18 bits per heavy atom. The van der Waals surface area contributed by atoms with E-state index in [2.05, 4.69) is 36.2 Å². The van der Waals surface area contributed by atoms with Crippen molar-refractivity contribution in [1.29, 1.82) is 0 Å². The molecule has 1 aliphatic heterocycles. The number of hydrogen-bond acceptors (Lipinski definition) is 4. The van der Waals surface area contributed by atoms with Crippen LogP contribution in [0.5, 0.6) is 5.75 Å². The molecule has 0 aliphatic carbocycles. The second-order valence-electron chi connectivity index (χ2n) is 5.92. The number of ether oxygens (including phenoxy) is 1. The van der Waals surface area contributed by atoms with Crippen molar-refractivity contribution in [3.8, 4) is 5.75 Å². The average molecular weight is 306 g/mol. The van der Waals surface area contributed by atoms with Crippen molar-refractivity contribution in [2.24, 2.45) is 0 Å². The normalized spacial score (nSPS) is 18.3. The van der Waals surface area contributed by atoms with Crippen LogP contribution < -0.4 is 10.1 Å². The van der Waals surface area contributed by atoms with Crippen molar-refractivity contribution in [2.75, 3.05) is 33.4 Å². The Morgan fingerprint density at radius 3 is 2.82 bits per heavy atom. The number of methoxy groups -OCH3 is 1. The number of likely N-dealkylation sites (N-methyl/N-ethyl adjacent to an activating group) is 1. The largest absolute Gasteiger partial charge is 0.496 e. The number of hydrogen-bond donors (Lipinski definition) is 2. The fraction of sp³-hybridized carbons (Fsp3) is 0.667. The van der Waals surface area contributed by atoms with Gasteiger partial charge in [0.05, 0.1) is 7.11 Å². The molecule has 0 radical (unpaired) electrons. The lowest BCUT2D eigenvalue weighted by molar-refractivity contribution is 0.189. The fourth-order valence-corrected chi connectivity index (χ4v) is 3.45. The van der Waals surface area contributed by atoms with E-state index in [1.807, 2.05) is 0 Å². The van der Waals surface area contributed by atoms with Crippen molar-refractivity contribution >= 4 is 0 Å². The summed E-state index contributed by atoms with van der Waals surface area (Å²) in [5, 5.41) is 12.2. The second-order valence-corrected chi connectivity index (χ2v) is 5.92. The van der Waals surface area contributed by atoms with Crippen molar-refractivity contribution in [1.82, 2.24) is 10.2 Å². The topological polar surface area (TPSA) is 44.7 Å². The maximum absolute atomic E-state index is 8.86. The second kappa shape index (κ2) is 8.51. The first kappa shape index (κ1) is 17.3. The van der Waals surface area contributed by atoms with Gasteiger partial charge in [-0.05, 0) is 49.5 Å². The zero-order valence-corrected chi connectivity index (χ0v) is 14.2. The van der Waals surface area contributed by atoms with E-state index in [0.717, 1.165) is 51.2 Å². The van der Waals surface area contributed by atoms with Crippen LogP contribution in [-0.2, 0) is 13.0 Å². The van der Waals surface area contributed by atoms with Crippen LogP contribution in [0.2, 0.25) is 0 Å². The summed E-state index contributed by atoms with van der Waals surface area (Å²) in [6.45, 7) is 8.61. The molecule has 2 N–H and O–H groups in total. The van der Waals surface area contributed by atoms with E-state index in [1.54, 1.807) is 7.11 Å². The van der Waals surface area contributed by atoms with Gasteiger partial charge in [0.25, 0.3) is 0 Å². The Hall–Kier alpha value is -1.10. The van der Waals surface area contributed by atoms with Crippen LogP contribution >= 0.6 is 0 Å². The average Bonchev–Trinajstić information content (AvgIpc) is 2.56. The Kier molecular flexibility index (Phi) is 6.68. The van der Waals surface area contributed by atoms with Crippen LogP contribution in [0, 0.1) is 0 Å². The van der Waals surface area contributed by atoms with Gasteiger partial charge in [0.15, 0.2) is 0 Å². The number of rotatable bonds is 8. The fourth-order valence-electron chi connectivity index (χ4n) is 3.45. The van der Waals surface area contributed by atoms with Gasteiger partial charge in [-0.2, -0.15) is 0 Å². The predicted molar refractivity (Wildman–Crippen MR) is 90.4 cm³/mol. The van der Waals surface area contributed by atoms with Crippen LogP contribution in [0.15, 0.2) is 12.1 Å². The Labute approximate surface area is 134 Å². The van der Waals surface area contributed by atoms with Gasteiger partial charge in [0, 0.05) is 31.3 Å². The van der Waals surface area contributed by atoms with Gasteiger partial charge < -0.3 is 15.2 Å². The number of aliphatic hydroxyl groups is 1. The van der Waals surface area contributed by atoms with Crippen molar-refractivity contribution in [3.63, 3.8) is 0 Å². The standard InChI is InChI=1S/C18H30N2O2/c1-4-17-16-12-18(22-3)15(13-19-8-6-10-21)11-14(16)7-9-20(17)5-2/h11-12,17,19,21H,4-10,13H2,1-3H3. The summed E-state index contributed by atoms with van der Waals surface area (Å²) in [4.78, 5) is 2.56. The van der Waals surface area contributed by atoms with E-state index in [4.69, 9.17) is 9.84 Å². The molecule has 0 spiro atoms. The lowest BCUT2D eigenvalue weighted by Crippen LogP contribution is -2.35. The highest BCUT2D eigenvalue weighted by Gasteiger charge is 2.26. The molecule has 1 aromatic carbocycles. The summed E-state index contributed by atoms with van der Waals surface area (Å²) < 4.78 is 5.62. The molecule has 4 nitrogen and oxygen atoms in total. The summed E-state index contributed by atoms with van der Waals surface area (Å²) in [6, 6.07) is 5.07. The highest BCUT2D eigenvalue weighted by Crippen LogP contribution is 2.36. The minimum Gasteiger partial charge on any atom is -0.496 e. The van der Waals surface area contributed by atoms with E-state index in [0.29, 0.717) is 6.04 Å². The van der Waals surface area contributed by atoms with Gasteiger partial charge in [-0.15, -0.1) is 0 Å². The molecule has 1 heterocycles. The van der Waals surface area contributed by atoms with Gasteiger partial charge >= 0.3 is 0 Å². The molecule has 124 valence electrons. The maximum atomic E-state index is 8.86. The summed E-state index contributed by atoms with van der Waals surface area (Å²) in [5.74, 6) is 0.978. The lowest BCUT2D eigenvalue weighted by atomic mass is 9.89. The Morgan fingerprint density at radius 1 is 1.36 bits per heavy atom. The van der Waals surface area contributed by atoms with Gasteiger partial charge in [-0.1, -0.05) is 19.9 Å². The molecule has 4 heteroatoms. The van der Waals surface area contributed by atoms with Gasteiger partial charge in [-0.3, -0.25) is 4.90 Å². The van der Waals surface area contributed by atoms with E-state index in [-0.39, 0.29) is 6.61 Å². The first-order chi connectivity index (χ1) is 10.7. The first-order valence-electron chi connectivity index (χ1n) is 8.50. The van der Waals surface area contributed by atoms with Gasteiger partial charge in [-0.25, -0.2) is 0 Å². The van der Waals surface area contributed by atoms with Gasteiger partial charge in [0.2, 0.25) is 0 Å². The van der Waals surface area contributed by atoms with Crippen LogP contribution in [-0.4, -0.2) is 43.4 Å². The molecular weight excluding hydrogens is 276 g/mol. The monoisotopic (exact) mass is 306 g/mol. The van der Waals surface area contributed by atoms with Gasteiger partial charge in [0.1, 0.15) is 5.75 Å². The highest BCUT2D eigenvalue weighted by atomic mass is 16.5. The molecule has 0 saturated carbocycles. The molecule has 1 unspecified atom stereocenters. The molecule has 22 heavy (non-hydrogen) atoms. The zero-order chi connectivity index (χ0) is 15.9. The van der Waals surface area contributed by atoms with Crippen molar-refractivity contribution in [3.05, 3.63) is 28.8 Å². The van der Waals surface area contributed by atoms with E-state index >= 15 is 0 Å². The van der Waals surface area contributed by atoms with Crippen LogP contribution in [0.25, 0.3) is 0 Å². The van der Waals surface area contributed by atoms with Crippen LogP contribution in [0.3, 0.4) is 0 Å². The maximum Gasteiger partial charge on any atom is 0.123 e. The van der Waals surface area contributed by atoms with E-state index in [1.165, 1.54) is 16.7 Å². The molecule has 1 aliphatic rings. The number of fused-ring (bicyclic) bond motifs is 1. The Balaban J connectivity index is 2.21. The van der Waals surface area contributed by atoms with E-state index in [9.17, 15) is 0 Å². The summed E-state index contributed by atoms with van der Waals surface area (Å²) >= 11 is 0. The lowest BCUT2D eigenvalue weighted by Gasteiger charge is -2.36. The quantitative estimate of drug-likeness (QED) is 0.724. The van der Waals surface area contributed by atoms with Crippen LogP contribution in [0.1, 0.15) is 49.4 Å². The molecular formula is C18H30N2O2. The summed E-state index contributed by atoms with van der Waals surface area (Å²) in [5.41, 5.74) is 4.13. The number of benzene rings is 1. The first-order valence-corrected chi connectivity index (χ1v) is 8.50. The third kappa shape index (κ3) is 3.80. The van der Waals surface area contributed by atoms with Crippen molar-refractivity contribution < 1.29 is 9.84 Å². The summed E-state index contributed by atoms with van der Waals surface area (Å²) in [7, 11) is 1.75. The molecule has 1 atom stereocenters. The third-order valence-electron chi connectivity index (χ3n) is 4.63. The van der Waals surface area contributed by atoms with Crippen LogP contribution in [0.4, 0.5) is 0 Å². The van der Waals surface area contributed by atoms with Crippen molar-refractivity contribution in [2.45, 2.75) is 45.7 Å². The minimum atomic E-state index is 0.235. The number of nitrogens with zero attached hydrogens (tertiary/aromatic N) is 1. The molecule has 1 aromatic rings. The van der Waals surface area contributed by atoms with E-state index < -0.39 is 0 Å². The molecule has 0 fully saturated rings. The minimum absolute atomic E-state index is 0.235. The molecule has 0 saturated heterocycles. The Bertz CT molecular complexity index is 476. The number of aliphatic hydroxyl groups excluding tert-OH is 1. The molecule has 0 aromatic heterocycles. The SMILES string of the molecule is CCC1c2cc(OC)c(CNCCCO)cc2CCN1CC. The zero-order valence-electron chi connectivity index (χ0n) is 14.2. The summed E-state index contributed by atoms with van der Waals surface area (Å²) in [6.07, 6.45) is 3.04.